The van der Waals surface area contributed by atoms with Crippen molar-refractivity contribution in [1.29, 1.82) is 0 Å². The first kappa shape index (κ1) is 29.2. The number of pyridine rings is 1. The molecule has 0 saturated heterocycles. The largest absolute Gasteiger partial charge is 0.322 e. The van der Waals surface area contributed by atoms with E-state index in [0.29, 0.717) is 5.82 Å². The fraction of sp³-hybridized carbons (Fsp3) is 0.0976. The second-order valence-electron chi connectivity index (χ2n) is 11.8. The molecule has 3 heterocycles. The quantitative estimate of drug-likeness (QED) is 0.152. The molecule has 0 aliphatic heterocycles. The van der Waals surface area contributed by atoms with Crippen LogP contribution in [-0.4, -0.2) is 34.7 Å². The van der Waals surface area contributed by atoms with Gasteiger partial charge < -0.3 is 4.57 Å². The lowest BCUT2D eigenvalue weighted by Gasteiger charge is -2.36. The first-order valence-corrected chi connectivity index (χ1v) is 16.2. The SMILES string of the molecule is CCc1nc2ncccc2n1Cc1ccc(-c2ccccc2-c2nnnn2C(c2ccccc2)(c2ccccc2)c2ccccc2)cc1. The summed E-state index contributed by atoms with van der Waals surface area (Å²) in [5, 5.41) is 13.8. The van der Waals surface area contributed by atoms with E-state index in [4.69, 9.17) is 15.3 Å². The smallest absolute Gasteiger partial charge is 0.184 e. The second kappa shape index (κ2) is 12.5. The van der Waals surface area contributed by atoms with Gasteiger partial charge >= 0.3 is 0 Å². The van der Waals surface area contributed by atoms with Crippen molar-refractivity contribution in [3.8, 4) is 22.5 Å². The highest BCUT2D eigenvalue weighted by molar-refractivity contribution is 5.81. The van der Waals surface area contributed by atoms with Crippen molar-refractivity contribution in [2.75, 3.05) is 0 Å². The molecule has 0 bridgehead atoms. The number of imidazole rings is 1. The van der Waals surface area contributed by atoms with Crippen molar-refractivity contribution < 1.29 is 0 Å². The van der Waals surface area contributed by atoms with Gasteiger partial charge in [-0.3, -0.25) is 0 Å². The number of tetrazole rings is 1. The van der Waals surface area contributed by atoms with Crippen molar-refractivity contribution in [1.82, 2.24) is 34.7 Å². The van der Waals surface area contributed by atoms with Gasteiger partial charge in [-0.2, -0.15) is 0 Å². The molecule has 8 rings (SSSR count). The molecule has 0 radical (unpaired) electrons. The molecule has 0 amide bonds. The van der Waals surface area contributed by atoms with Crippen LogP contribution >= 0.6 is 0 Å². The molecule has 7 heteroatoms. The fourth-order valence-corrected chi connectivity index (χ4v) is 6.84. The molecule has 0 saturated carbocycles. The maximum atomic E-state index is 4.77. The molecule has 0 aliphatic carbocycles. The third-order valence-electron chi connectivity index (χ3n) is 9.06. The number of hydrogen-bond donors (Lipinski definition) is 0. The maximum absolute atomic E-state index is 4.77. The number of hydrogen-bond acceptors (Lipinski definition) is 5. The Morgan fingerprint density at radius 3 is 1.79 bits per heavy atom. The van der Waals surface area contributed by atoms with Crippen LogP contribution in [0.3, 0.4) is 0 Å². The fourth-order valence-electron chi connectivity index (χ4n) is 6.84. The molecular weight excluding hydrogens is 591 g/mol. The molecule has 0 unspecified atom stereocenters. The average Bonchev–Trinajstić information content (AvgIpc) is 3.79. The van der Waals surface area contributed by atoms with Crippen molar-refractivity contribution in [2.24, 2.45) is 0 Å². The van der Waals surface area contributed by atoms with Gasteiger partial charge in [0.25, 0.3) is 0 Å². The zero-order valence-corrected chi connectivity index (χ0v) is 26.6. The highest BCUT2D eigenvalue weighted by Crippen LogP contribution is 2.43. The number of nitrogens with zero attached hydrogens (tertiary/aromatic N) is 7. The summed E-state index contributed by atoms with van der Waals surface area (Å²) in [4.78, 5) is 9.23. The van der Waals surface area contributed by atoms with E-state index in [9.17, 15) is 0 Å². The molecule has 48 heavy (non-hydrogen) atoms. The van der Waals surface area contributed by atoms with Crippen molar-refractivity contribution in [2.45, 2.75) is 25.4 Å². The Labute approximate surface area is 279 Å². The Kier molecular flexibility index (Phi) is 7.63. The lowest BCUT2D eigenvalue weighted by atomic mass is 9.77. The van der Waals surface area contributed by atoms with Gasteiger partial charge in [-0.25, -0.2) is 14.6 Å². The van der Waals surface area contributed by atoms with E-state index in [1.54, 1.807) is 6.20 Å². The molecule has 3 aromatic heterocycles. The van der Waals surface area contributed by atoms with Crippen LogP contribution in [0.1, 0.15) is 35.0 Å². The van der Waals surface area contributed by atoms with Crippen molar-refractivity contribution in [3.05, 3.63) is 186 Å². The molecule has 0 fully saturated rings. The maximum Gasteiger partial charge on any atom is 0.184 e. The standard InChI is InChI=1S/C41H33N7/c1-2-38-43-39-37(23-14-28-42-39)47(38)29-30-24-26-31(27-25-30)35-21-12-13-22-36(35)40-44-45-46-48(40)41(32-15-6-3-7-16-32,33-17-8-4-9-18-33)34-19-10-5-11-20-34/h3-28H,2,29H2,1H3. The van der Waals surface area contributed by atoms with Crippen LogP contribution in [0.4, 0.5) is 0 Å². The molecule has 0 aliphatic rings. The lowest BCUT2D eigenvalue weighted by Crippen LogP contribution is -2.39. The Bertz CT molecular complexity index is 2190. The van der Waals surface area contributed by atoms with Crippen LogP contribution in [0.25, 0.3) is 33.7 Å². The minimum atomic E-state index is -0.834. The van der Waals surface area contributed by atoms with Gasteiger partial charge in [0, 0.05) is 24.7 Å². The molecule has 0 atom stereocenters. The Balaban J connectivity index is 1.25. The first-order valence-electron chi connectivity index (χ1n) is 16.2. The third-order valence-corrected chi connectivity index (χ3v) is 9.06. The number of aryl methyl sites for hydroxylation is 1. The molecule has 7 nitrogen and oxygen atoms in total. The van der Waals surface area contributed by atoms with Crippen LogP contribution in [-0.2, 0) is 18.5 Å². The molecule has 0 N–H and O–H groups in total. The topological polar surface area (TPSA) is 74.3 Å². The number of aromatic nitrogens is 7. The van der Waals surface area contributed by atoms with Crippen LogP contribution in [0, 0.1) is 0 Å². The highest BCUT2D eigenvalue weighted by atomic mass is 15.6. The van der Waals surface area contributed by atoms with Crippen LogP contribution in [0.2, 0.25) is 0 Å². The zero-order valence-electron chi connectivity index (χ0n) is 26.6. The van der Waals surface area contributed by atoms with Gasteiger partial charge in [-0.15, -0.1) is 5.10 Å². The highest BCUT2D eigenvalue weighted by Gasteiger charge is 2.42. The van der Waals surface area contributed by atoms with Gasteiger partial charge in [-0.05, 0) is 55.9 Å². The van der Waals surface area contributed by atoms with Gasteiger partial charge in [0.05, 0.1) is 5.52 Å². The molecule has 5 aromatic carbocycles. The van der Waals surface area contributed by atoms with E-state index in [0.717, 1.165) is 63.3 Å². The van der Waals surface area contributed by atoms with E-state index in [1.807, 2.05) is 35.0 Å². The summed E-state index contributed by atoms with van der Waals surface area (Å²) in [5.41, 5.74) is 8.46. The summed E-state index contributed by atoms with van der Waals surface area (Å²) in [6, 6.07) is 52.6. The lowest BCUT2D eigenvalue weighted by molar-refractivity contribution is 0.451. The average molecular weight is 624 g/mol. The van der Waals surface area contributed by atoms with Crippen LogP contribution in [0.5, 0.6) is 0 Å². The van der Waals surface area contributed by atoms with Gasteiger partial charge in [-0.1, -0.05) is 146 Å². The van der Waals surface area contributed by atoms with Crippen LogP contribution in [0.15, 0.2) is 158 Å². The molecule has 232 valence electrons. The Morgan fingerprint density at radius 2 is 1.19 bits per heavy atom. The predicted molar refractivity (Wildman–Crippen MR) is 189 cm³/mol. The predicted octanol–water partition coefficient (Wildman–Crippen LogP) is 8.20. The van der Waals surface area contributed by atoms with Gasteiger partial charge in [0.15, 0.2) is 11.5 Å². The van der Waals surface area contributed by atoms with Crippen LogP contribution < -0.4 is 0 Å². The van der Waals surface area contributed by atoms with E-state index in [2.05, 4.69) is 143 Å². The minimum Gasteiger partial charge on any atom is -0.322 e. The minimum absolute atomic E-state index is 0.677. The monoisotopic (exact) mass is 623 g/mol. The van der Waals surface area contributed by atoms with E-state index >= 15 is 0 Å². The van der Waals surface area contributed by atoms with Crippen molar-refractivity contribution >= 4 is 11.2 Å². The number of fused-ring (bicyclic) bond motifs is 1. The summed E-state index contributed by atoms with van der Waals surface area (Å²) < 4.78 is 4.25. The molecular formula is C41H33N7. The Morgan fingerprint density at radius 1 is 0.604 bits per heavy atom. The second-order valence-corrected chi connectivity index (χ2v) is 11.8. The van der Waals surface area contributed by atoms with Crippen molar-refractivity contribution in [3.63, 3.8) is 0 Å². The van der Waals surface area contributed by atoms with E-state index < -0.39 is 5.54 Å². The summed E-state index contributed by atoms with van der Waals surface area (Å²) in [6.45, 7) is 2.85. The molecule has 0 spiro atoms. The summed E-state index contributed by atoms with van der Waals surface area (Å²) >= 11 is 0. The summed E-state index contributed by atoms with van der Waals surface area (Å²) in [7, 11) is 0. The van der Waals surface area contributed by atoms with Gasteiger partial charge in [0.1, 0.15) is 11.4 Å². The third kappa shape index (κ3) is 4.97. The zero-order chi connectivity index (χ0) is 32.3. The van der Waals surface area contributed by atoms with Gasteiger partial charge in [0.2, 0.25) is 0 Å². The first-order chi connectivity index (χ1) is 23.8. The Hall–Kier alpha value is -6.21. The summed E-state index contributed by atoms with van der Waals surface area (Å²) in [5.74, 6) is 1.71. The van der Waals surface area contributed by atoms with E-state index in [1.165, 1.54) is 5.56 Å². The van der Waals surface area contributed by atoms with E-state index in [-0.39, 0.29) is 0 Å². The molecule has 8 aromatic rings. The normalized spacial score (nSPS) is 11.6. The number of rotatable bonds is 9. The summed E-state index contributed by atoms with van der Waals surface area (Å²) in [6.07, 6.45) is 2.64. The number of benzene rings is 5.